The molecule has 1 aliphatic heterocycles. The Labute approximate surface area is 163 Å². The van der Waals surface area contributed by atoms with E-state index in [2.05, 4.69) is 15.4 Å². The maximum atomic E-state index is 12.3. The van der Waals surface area contributed by atoms with E-state index in [1.807, 2.05) is 0 Å². The molecule has 2 aromatic rings. The number of nitro groups is 1. The van der Waals surface area contributed by atoms with E-state index in [1.165, 1.54) is 6.07 Å². The fourth-order valence-corrected chi connectivity index (χ4v) is 4.08. The van der Waals surface area contributed by atoms with Crippen molar-refractivity contribution in [3.8, 4) is 0 Å². The van der Waals surface area contributed by atoms with E-state index in [1.54, 1.807) is 0 Å². The van der Waals surface area contributed by atoms with E-state index < -0.39 is 29.3 Å². The molecular weight excluding hydrogens is 419 g/mol. The number of rotatable bonds is 6. The van der Waals surface area contributed by atoms with Crippen LogP contribution in [0.5, 0.6) is 0 Å². The number of ether oxygens (including phenoxy) is 1. The first-order valence-corrected chi connectivity index (χ1v) is 9.68. The first-order valence-electron chi connectivity index (χ1n) is 8.03. The molecule has 0 saturated carbocycles. The number of nitro benzene ring substituents is 1. The standard InChI is InChI=1S/C14H17N4O8P.ClH/c19-13-14(20)17-12-8(5-9(18(21)22)6-11(12)16-13)7-15-26-27(23,24)10-1-3-25-4-2-10;/h5-6,10,15H,1-4,7H2,(H,16,19)(H,17,20)(H,23,24);1H. The summed E-state index contributed by atoms with van der Waals surface area (Å²) in [7, 11) is -3.97. The van der Waals surface area contributed by atoms with Crippen LogP contribution < -0.4 is 16.6 Å². The lowest BCUT2D eigenvalue weighted by atomic mass is 10.1. The Hall–Kier alpha value is -2.08. The second kappa shape index (κ2) is 8.95. The third kappa shape index (κ3) is 4.85. The molecule has 4 N–H and O–H groups in total. The highest BCUT2D eigenvalue weighted by molar-refractivity contribution is 7.53. The minimum absolute atomic E-state index is 0. The molecule has 28 heavy (non-hydrogen) atoms. The molecule has 1 unspecified atom stereocenters. The number of non-ortho nitro benzene ring substituents is 1. The average Bonchev–Trinajstić information content (AvgIpc) is 2.63. The quantitative estimate of drug-likeness (QED) is 0.222. The zero-order valence-electron chi connectivity index (χ0n) is 14.4. The summed E-state index contributed by atoms with van der Waals surface area (Å²) in [5.74, 6) is 0. The molecule has 154 valence electrons. The van der Waals surface area contributed by atoms with Gasteiger partial charge in [0.05, 0.1) is 21.6 Å². The van der Waals surface area contributed by atoms with Gasteiger partial charge in [0.15, 0.2) is 0 Å². The molecule has 3 rings (SSSR count). The first-order chi connectivity index (χ1) is 12.8. The summed E-state index contributed by atoms with van der Waals surface area (Å²) in [5, 5.41) is 11.1. The molecule has 1 atom stereocenters. The predicted octanol–water partition coefficient (Wildman–Crippen LogP) is 0.932. The van der Waals surface area contributed by atoms with Gasteiger partial charge in [-0.05, 0) is 12.8 Å². The monoisotopic (exact) mass is 436 g/mol. The van der Waals surface area contributed by atoms with Gasteiger partial charge in [0.2, 0.25) is 0 Å². The molecule has 1 aliphatic rings. The molecule has 1 aromatic heterocycles. The summed E-state index contributed by atoms with van der Waals surface area (Å²) in [5.41, 5.74) is -0.00309. The molecule has 0 bridgehead atoms. The molecule has 12 nitrogen and oxygen atoms in total. The molecule has 0 radical (unpaired) electrons. The molecule has 2 heterocycles. The van der Waals surface area contributed by atoms with Crippen LogP contribution in [0.4, 0.5) is 5.69 Å². The highest BCUT2D eigenvalue weighted by atomic mass is 35.5. The normalized spacial score (nSPS) is 17.0. The van der Waals surface area contributed by atoms with E-state index in [9.17, 15) is 29.2 Å². The minimum atomic E-state index is -3.97. The van der Waals surface area contributed by atoms with Crippen LogP contribution in [0.2, 0.25) is 0 Å². The number of hydrogen-bond donors (Lipinski definition) is 4. The van der Waals surface area contributed by atoms with Crippen molar-refractivity contribution in [2.45, 2.75) is 25.0 Å². The number of H-pyrrole nitrogens is 2. The van der Waals surface area contributed by atoms with Crippen LogP contribution >= 0.6 is 20.0 Å². The largest absolute Gasteiger partial charge is 0.381 e. The molecule has 1 aromatic carbocycles. The third-order valence-corrected chi connectivity index (χ3v) is 6.05. The summed E-state index contributed by atoms with van der Waals surface area (Å²) in [6, 6.07) is 2.28. The molecule has 0 spiro atoms. The zero-order valence-corrected chi connectivity index (χ0v) is 16.1. The average molecular weight is 437 g/mol. The van der Waals surface area contributed by atoms with E-state index in [4.69, 9.17) is 9.36 Å². The zero-order chi connectivity index (χ0) is 19.6. The summed E-state index contributed by atoms with van der Waals surface area (Å²) >= 11 is 0. The van der Waals surface area contributed by atoms with E-state index in [0.717, 1.165) is 6.07 Å². The summed E-state index contributed by atoms with van der Waals surface area (Å²) in [4.78, 5) is 48.1. The Morgan fingerprint density at radius 3 is 2.57 bits per heavy atom. The van der Waals surface area contributed by atoms with Gasteiger partial charge in [-0.3, -0.25) is 24.3 Å². The molecular formula is C14H18ClN4O8P. The van der Waals surface area contributed by atoms with Crippen molar-refractivity contribution in [1.82, 2.24) is 15.4 Å². The Bertz CT molecular complexity index is 1030. The fraction of sp³-hybridized carbons (Fsp3) is 0.429. The van der Waals surface area contributed by atoms with Crippen LogP contribution in [0.3, 0.4) is 0 Å². The third-order valence-electron chi connectivity index (χ3n) is 4.22. The Morgan fingerprint density at radius 1 is 1.29 bits per heavy atom. The van der Waals surface area contributed by atoms with Crippen LogP contribution in [0, 0.1) is 10.1 Å². The van der Waals surface area contributed by atoms with E-state index in [-0.39, 0.29) is 41.2 Å². The van der Waals surface area contributed by atoms with Crippen LogP contribution in [0.15, 0.2) is 21.7 Å². The van der Waals surface area contributed by atoms with Gasteiger partial charge in [-0.1, -0.05) is 0 Å². The summed E-state index contributed by atoms with van der Waals surface area (Å²) in [6.45, 7) is 0.513. The van der Waals surface area contributed by atoms with Crippen molar-refractivity contribution >= 4 is 36.7 Å². The van der Waals surface area contributed by atoms with Gasteiger partial charge in [0, 0.05) is 37.5 Å². The molecule has 1 fully saturated rings. The van der Waals surface area contributed by atoms with Crippen LogP contribution in [0.25, 0.3) is 11.0 Å². The topological polar surface area (TPSA) is 177 Å². The van der Waals surface area contributed by atoms with Gasteiger partial charge in [-0.15, -0.1) is 12.4 Å². The van der Waals surface area contributed by atoms with Crippen molar-refractivity contribution < 1.29 is 23.7 Å². The SMILES string of the molecule is Cl.O=c1[nH]c2cc([N+](=O)[O-])cc(CNOP(=O)(O)C3CCOCC3)c2[nH]c1=O. The number of nitrogens with zero attached hydrogens (tertiary/aromatic N) is 1. The van der Waals surface area contributed by atoms with E-state index >= 15 is 0 Å². The lowest BCUT2D eigenvalue weighted by Gasteiger charge is -2.25. The van der Waals surface area contributed by atoms with Crippen molar-refractivity contribution in [3.63, 3.8) is 0 Å². The van der Waals surface area contributed by atoms with Gasteiger partial charge < -0.3 is 19.6 Å². The van der Waals surface area contributed by atoms with E-state index in [0.29, 0.717) is 26.1 Å². The lowest BCUT2D eigenvalue weighted by molar-refractivity contribution is -0.384. The molecule has 0 aliphatic carbocycles. The summed E-state index contributed by atoms with van der Waals surface area (Å²) in [6.07, 6.45) is 0.757. The van der Waals surface area contributed by atoms with Crippen molar-refractivity contribution in [3.05, 3.63) is 48.5 Å². The van der Waals surface area contributed by atoms with Crippen LogP contribution in [0.1, 0.15) is 18.4 Å². The highest BCUT2D eigenvalue weighted by Gasteiger charge is 2.34. The van der Waals surface area contributed by atoms with Crippen molar-refractivity contribution in [1.29, 1.82) is 0 Å². The number of fused-ring (bicyclic) bond motifs is 1. The fourth-order valence-electron chi connectivity index (χ4n) is 2.81. The van der Waals surface area contributed by atoms with Gasteiger partial charge in [0.25, 0.3) is 5.69 Å². The second-order valence-electron chi connectivity index (χ2n) is 6.01. The van der Waals surface area contributed by atoms with Gasteiger partial charge in [-0.25, -0.2) is 4.62 Å². The Balaban J connectivity index is 0.00000280. The highest BCUT2D eigenvalue weighted by Crippen LogP contribution is 2.50. The number of aromatic nitrogens is 2. The Kier molecular flexibility index (Phi) is 7.10. The summed E-state index contributed by atoms with van der Waals surface area (Å²) < 4.78 is 22.4. The van der Waals surface area contributed by atoms with Gasteiger partial charge in [-0.2, -0.15) is 5.48 Å². The van der Waals surface area contributed by atoms with Crippen LogP contribution in [-0.4, -0.2) is 38.7 Å². The lowest BCUT2D eigenvalue weighted by Crippen LogP contribution is -2.29. The Morgan fingerprint density at radius 2 is 1.93 bits per heavy atom. The van der Waals surface area contributed by atoms with Gasteiger partial charge in [0.1, 0.15) is 0 Å². The number of aromatic amines is 2. The molecule has 0 amide bonds. The number of hydrogen-bond acceptors (Lipinski definition) is 8. The smallest absolute Gasteiger partial charge is 0.347 e. The van der Waals surface area contributed by atoms with Crippen LogP contribution in [-0.2, 0) is 20.5 Å². The maximum absolute atomic E-state index is 12.3. The number of hydroxylamine groups is 1. The first kappa shape index (κ1) is 22.2. The number of benzene rings is 1. The molecule has 14 heteroatoms. The molecule has 1 saturated heterocycles. The number of nitrogens with one attached hydrogen (secondary N) is 3. The van der Waals surface area contributed by atoms with Crippen molar-refractivity contribution in [2.75, 3.05) is 13.2 Å². The van der Waals surface area contributed by atoms with Crippen molar-refractivity contribution in [2.24, 2.45) is 0 Å². The van der Waals surface area contributed by atoms with Gasteiger partial charge >= 0.3 is 18.7 Å². The minimum Gasteiger partial charge on any atom is -0.381 e. The predicted molar refractivity (Wildman–Crippen MR) is 101 cm³/mol. The maximum Gasteiger partial charge on any atom is 0.347 e. The second-order valence-corrected chi connectivity index (χ2v) is 8.05. The number of halogens is 1.